The summed E-state index contributed by atoms with van der Waals surface area (Å²) in [5, 5.41) is 9.43. The maximum absolute atomic E-state index is 4.69. The standard InChI is InChI=1S/C5H7N3S2/c1-3-2-4(8-7-3)6-5(9)10/h2H,1H3,(H3,6,7,8,9,10). The van der Waals surface area contributed by atoms with Crippen LogP contribution in [0.5, 0.6) is 0 Å². The van der Waals surface area contributed by atoms with Crippen molar-refractivity contribution in [1.82, 2.24) is 10.2 Å². The highest BCUT2D eigenvalue weighted by molar-refractivity contribution is 8.11. The summed E-state index contributed by atoms with van der Waals surface area (Å²) in [5.41, 5.74) is 0.993. The number of aryl methyl sites for hydroxylation is 1. The second-order valence-electron chi connectivity index (χ2n) is 1.87. The van der Waals surface area contributed by atoms with Gasteiger partial charge in [-0.05, 0) is 6.92 Å². The Labute approximate surface area is 69.6 Å². The molecule has 0 unspecified atom stereocenters. The normalized spacial score (nSPS) is 9.40. The van der Waals surface area contributed by atoms with Crippen LogP contribution in [-0.4, -0.2) is 14.5 Å². The van der Waals surface area contributed by atoms with Gasteiger partial charge in [-0.2, -0.15) is 5.10 Å². The van der Waals surface area contributed by atoms with Gasteiger partial charge in [-0.3, -0.25) is 5.10 Å². The lowest BCUT2D eigenvalue weighted by Gasteiger charge is -1.93. The van der Waals surface area contributed by atoms with Crippen molar-refractivity contribution in [2.45, 2.75) is 6.92 Å². The molecular formula is C5H7N3S2. The topological polar surface area (TPSA) is 40.7 Å². The largest absolute Gasteiger partial charge is 0.325 e. The molecule has 0 saturated carbocycles. The Kier molecular flexibility index (Phi) is 2.29. The number of anilines is 1. The number of thiocarbonyl (C=S) groups is 1. The minimum Gasteiger partial charge on any atom is -0.325 e. The number of aromatic amines is 1. The molecule has 0 aliphatic rings. The lowest BCUT2D eigenvalue weighted by molar-refractivity contribution is 1.05. The number of hydrogen-bond acceptors (Lipinski definition) is 2. The van der Waals surface area contributed by atoms with E-state index in [4.69, 9.17) is 0 Å². The van der Waals surface area contributed by atoms with Crippen molar-refractivity contribution in [2.75, 3.05) is 5.32 Å². The predicted molar refractivity (Wildman–Crippen MR) is 48.5 cm³/mol. The first-order chi connectivity index (χ1) is 4.68. The third-order valence-corrected chi connectivity index (χ3v) is 1.15. The van der Waals surface area contributed by atoms with Gasteiger partial charge in [-0.1, -0.05) is 12.2 Å². The van der Waals surface area contributed by atoms with E-state index in [1.807, 2.05) is 13.0 Å². The van der Waals surface area contributed by atoms with Crippen LogP contribution in [0, 0.1) is 6.92 Å². The van der Waals surface area contributed by atoms with E-state index in [-0.39, 0.29) is 0 Å². The van der Waals surface area contributed by atoms with Gasteiger partial charge in [0.25, 0.3) is 0 Å². The predicted octanol–water partition coefficient (Wildman–Crippen LogP) is 1.34. The van der Waals surface area contributed by atoms with E-state index in [1.165, 1.54) is 0 Å². The van der Waals surface area contributed by atoms with Gasteiger partial charge >= 0.3 is 0 Å². The molecule has 1 aromatic rings. The third kappa shape index (κ3) is 2.00. The van der Waals surface area contributed by atoms with Crippen LogP contribution >= 0.6 is 24.8 Å². The van der Waals surface area contributed by atoms with Crippen LogP contribution in [0.15, 0.2) is 6.07 Å². The number of hydrogen-bond donors (Lipinski definition) is 3. The molecule has 3 nitrogen and oxygen atoms in total. The molecular weight excluding hydrogens is 166 g/mol. The van der Waals surface area contributed by atoms with Crippen molar-refractivity contribution in [3.8, 4) is 0 Å². The number of nitrogens with zero attached hydrogens (tertiary/aromatic N) is 1. The summed E-state index contributed by atoms with van der Waals surface area (Å²) in [5.74, 6) is 0.706. The van der Waals surface area contributed by atoms with Gasteiger partial charge < -0.3 is 5.32 Å². The summed E-state index contributed by atoms with van der Waals surface area (Å²) in [4.78, 5) is 0. The molecule has 1 heterocycles. The lowest BCUT2D eigenvalue weighted by Crippen LogP contribution is -2.00. The van der Waals surface area contributed by atoms with E-state index in [2.05, 4.69) is 40.4 Å². The fourth-order valence-electron chi connectivity index (χ4n) is 0.592. The fourth-order valence-corrected chi connectivity index (χ4v) is 0.811. The molecule has 2 N–H and O–H groups in total. The summed E-state index contributed by atoms with van der Waals surface area (Å²) < 4.78 is 0.423. The van der Waals surface area contributed by atoms with Crippen molar-refractivity contribution < 1.29 is 0 Å². The molecule has 0 atom stereocenters. The molecule has 1 rings (SSSR count). The lowest BCUT2D eigenvalue weighted by atomic mass is 10.5. The monoisotopic (exact) mass is 173 g/mol. The molecule has 1 aromatic heterocycles. The molecule has 54 valence electrons. The Hall–Kier alpha value is -0.550. The highest BCUT2D eigenvalue weighted by Gasteiger charge is 1.95. The Balaban J connectivity index is 2.67. The third-order valence-electron chi connectivity index (χ3n) is 0.941. The maximum atomic E-state index is 4.69. The van der Waals surface area contributed by atoms with Crippen molar-refractivity contribution >= 4 is 35.0 Å². The maximum Gasteiger partial charge on any atom is 0.153 e. The number of rotatable bonds is 1. The zero-order valence-corrected chi connectivity index (χ0v) is 7.09. The molecule has 0 spiro atoms. The second-order valence-corrected chi connectivity index (χ2v) is 3.02. The first kappa shape index (κ1) is 7.56. The van der Waals surface area contributed by atoms with Gasteiger partial charge in [0, 0.05) is 11.8 Å². The molecule has 0 amide bonds. The van der Waals surface area contributed by atoms with E-state index in [9.17, 15) is 0 Å². The van der Waals surface area contributed by atoms with Gasteiger partial charge in [0.05, 0.1) is 0 Å². The van der Waals surface area contributed by atoms with Gasteiger partial charge in [-0.25, -0.2) is 0 Å². The molecule has 5 heteroatoms. The van der Waals surface area contributed by atoms with Crippen LogP contribution in [0.4, 0.5) is 5.82 Å². The zero-order chi connectivity index (χ0) is 7.56. The molecule has 10 heavy (non-hydrogen) atoms. The van der Waals surface area contributed by atoms with Gasteiger partial charge in [0.15, 0.2) is 5.82 Å². The molecule has 0 aromatic carbocycles. The average molecular weight is 173 g/mol. The number of H-pyrrole nitrogens is 1. The van der Waals surface area contributed by atoms with E-state index < -0.39 is 0 Å². The molecule has 0 aliphatic heterocycles. The summed E-state index contributed by atoms with van der Waals surface area (Å²) in [6.07, 6.45) is 0. The first-order valence-corrected chi connectivity index (χ1v) is 3.56. The van der Waals surface area contributed by atoms with E-state index in [0.29, 0.717) is 10.1 Å². The van der Waals surface area contributed by atoms with Crippen LogP contribution in [0.25, 0.3) is 0 Å². The fraction of sp³-hybridized carbons (Fsp3) is 0.200. The first-order valence-electron chi connectivity index (χ1n) is 2.70. The minimum absolute atomic E-state index is 0.423. The Morgan fingerprint density at radius 2 is 2.60 bits per heavy atom. The van der Waals surface area contributed by atoms with Crippen LogP contribution in [0.2, 0.25) is 0 Å². The highest BCUT2D eigenvalue weighted by Crippen LogP contribution is 2.04. The van der Waals surface area contributed by atoms with E-state index in [1.54, 1.807) is 0 Å². The highest BCUT2D eigenvalue weighted by atomic mass is 32.1. The second kappa shape index (κ2) is 3.03. The Morgan fingerprint density at radius 1 is 1.90 bits per heavy atom. The summed E-state index contributed by atoms with van der Waals surface area (Å²) in [6.45, 7) is 1.92. The van der Waals surface area contributed by atoms with Gasteiger partial charge in [0.1, 0.15) is 4.32 Å². The Bertz CT molecular complexity index is 243. The van der Waals surface area contributed by atoms with E-state index >= 15 is 0 Å². The molecule has 0 aliphatic carbocycles. The van der Waals surface area contributed by atoms with Crippen molar-refractivity contribution in [2.24, 2.45) is 0 Å². The van der Waals surface area contributed by atoms with Gasteiger partial charge in [0.2, 0.25) is 0 Å². The number of thiol groups is 1. The molecule has 0 bridgehead atoms. The molecule has 0 fully saturated rings. The van der Waals surface area contributed by atoms with Crippen LogP contribution in [0.1, 0.15) is 5.69 Å². The van der Waals surface area contributed by atoms with Crippen molar-refractivity contribution in [3.63, 3.8) is 0 Å². The van der Waals surface area contributed by atoms with E-state index in [0.717, 1.165) is 5.69 Å². The van der Waals surface area contributed by atoms with Crippen LogP contribution in [0.3, 0.4) is 0 Å². The molecule has 0 radical (unpaired) electrons. The summed E-state index contributed by atoms with van der Waals surface area (Å²) in [6, 6.07) is 1.85. The summed E-state index contributed by atoms with van der Waals surface area (Å²) >= 11 is 8.57. The number of aromatic nitrogens is 2. The number of nitrogens with one attached hydrogen (secondary N) is 2. The smallest absolute Gasteiger partial charge is 0.153 e. The van der Waals surface area contributed by atoms with Crippen molar-refractivity contribution in [3.05, 3.63) is 11.8 Å². The van der Waals surface area contributed by atoms with Crippen LogP contribution < -0.4 is 5.32 Å². The van der Waals surface area contributed by atoms with Gasteiger partial charge in [-0.15, -0.1) is 12.6 Å². The zero-order valence-electron chi connectivity index (χ0n) is 5.38. The summed E-state index contributed by atoms with van der Waals surface area (Å²) in [7, 11) is 0. The molecule has 0 saturated heterocycles. The average Bonchev–Trinajstić information content (AvgIpc) is 2.13. The quantitative estimate of drug-likeness (QED) is 0.443. The van der Waals surface area contributed by atoms with Crippen molar-refractivity contribution in [1.29, 1.82) is 0 Å². The minimum atomic E-state index is 0.423. The Morgan fingerprint density at radius 3 is 3.00 bits per heavy atom. The SMILES string of the molecule is Cc1cc(NC(=S)S)n[nH]1. The van der Waals surface area contributed by atoms with Crippen LogP contribution in [-0.2, 0) is 0 Å².